The minimum atomic E-state index is -0.120. The van der Waals surface area contributed by atoms with Gasteiger partial charge in [0.2, 0.25) is 5.91 Å². The van der Waals surface area contributed by atoms with Gasteiger partial charge < -0.3 is 14.8 Å². The first kappa shape index (κ1) is 21.7. The van der Waals surface area contributed by atoms with Crippen LogP contribution in [0.15, 0.2) is 53.7 Å². The summed E-state index contributed by atoms with van der Waals surface area (Å²) in [5.41, 5.74) is 1.64. The van der Waals surface area contributed by atoms with Crippen molar-refractivity contribution in [3.05, 3.63) is 53.6 Å². The second-order valence-corrected chi connectivity index (χ2v) is 8.50. The third-order valence-electron chi connectivity index (χ3n) is 4.94. The van der Waals surface area contributed by atoms with Crippen LogP contribution in [0.2, 0.25) is 5.02 Å². The van der Waals surface area contributed by atoms with E-state index in [4.69, 9.17) is 21.1 Å². The smallest absolute Gasteiger partial charge is 0.234 e. The standard InChI is InChI=1S/C22H23ClN4O3S/c1-29-18-10-4-15(5-11-18)21-25-26-22(27(21)13-19-3-2-12-30-19)31-14-20(28)24-17-8-6-16(23)7-9-17/h4-11,19H,2-3,12-14H2,1H3,(H,24,28). The summed E-state index contributed by atoms with van der Waals surface area (Å²) in [6.45, 7) is 1.42. The van der Waals surface area contributed by atoms with Gasteiger partial charge in [-0.1, -0.05) is 23.4 Å². The number of ether oxygens (including phenoxy) is 2. The van der Waals surface area contributed by atoms with Gasteiger partial charge in [-0.3, -0.25) is 9.36 Å². The van der Waals surface area contributed by atoms with Crippen molar-refractivity contribution in [3.63, 3.8) is 0 Å². The molecule has 1 atom stereocenters. The van der Waals surface area contributed by atoms with Crippen molar-refractivity contribution >= 4 is 35.0 Å². The highest BCUT2D eigenvalue weighted by Gasteiger charge is 2.22. The predicted octanol–water partition coefficient (Wildman–Crippen LogP) is 4.52. The fourth-order valence-electron chi connectivity index (χ4n) is 3.37. The predicted molar refractivity (Wildman–Crippen MR) is 122 cm³/mol. The molecular formula is C22H23ClN4O3S. The molecule has 4 rings (SSSR count). The molecular weight excluding hydrogens is 436 g/mol. The zero-order chi connectivity index (χ0) is 21.6. The van der Waals surface area contributed by atoms with Crippen molar-refractivity contribution in [2.24, 2.45) is 0 Å². The average molecular weight is 459 g/mol. The second-order valence-electron chi connectivity index (χ2n) is 7.12. The Labute approximate surface area is 190 Å². The molecule has 2 aromatic carbocycles. The molecule has 0 saturated carbocycles. The third kappa shape index (κ3) is 5.58. The average Bonchev–Trinajstić information content (AvgIpc) is 3.44. The number of aromatic nitrogens is 3. The Balaban J connectivity index is 1.49. The summed E-state index contributed by atoms with van der Waals surface area (Å²) in [7, 11) is 1.64. The van der Waals surface area contributed by atoms with Gasteiger partial charge in [0, 0.05) is 22.9 Å². The number of nitrogens with one attached hydrogen (secondary N) is 1. The Kier molecular flexibility index (Phi) is 7.11. The first-order chi connectivity index (χ1) is 15.1. The highest BCUT2D eigenvalue weighted by Crippen LogP contribution is 2.28. The van der Waals surface area contributed by atoms with E-state index in [1.807, 2.05) is 28.8 Å². The van der Waals surface area contributed by atoms with Crippen molar-refractivity contribution in [1.29, 1.82) is 0 Å². The fraction of sp³-hybridized carbons (Fsp3) is 0.318. The van der Waals surface area contributed by atoms with Gasteiger partial charge >= 0.3 is 0 Å². The summed E-state index contributed by atoms with van der Waals surface area (Å²) >= 11 is 7.25. The molecule has 0 radical (unpaired) electrons. The molecule has 1 unspecified atom stereocenters. The van der Waals surface area contributed by atoms with Gasteiger partial charge in [-0.05, 0) is 61.4 Å². The van der Waals surface area contributed by atoms with E-state index in [2.05, 4.69) is 15.5 Å². The van der Waals surface area contributed by atoms with Crippen LogP contribution in [0.3, 0.4) is 0 Å². The van der Waals surface area contributed by atoms with Crippen molar-refractivity contribution in [3.8, 4) is 17.1 Å². The summed E-state index contributed by atoms with van der Waals surface area (Å²) < 4.78 is 13.1. The Morgan fingerprint density at radius 1 is 1.23 bits per heavy atom. The topological polar surface area (TPSA) is 78.3 Å². The van der Waals surface area contributed by atoms with Crippen molar-refractivity contribution in [1.82, 2.24) is 14.8 Å². The quantitative estimate of drug-likeness (QED) is 0.500. The normalized spacial score (nSPS) is 15.7. The number of carbonyl (C=O) groups is 1. The molecule has 0 aliphatic carbocycles. The van der Waals surface area contributed by atoms with E-state index in [1.54, 1.807) is 31.4 Å². The molecule has 3 aromatic rings. The van der Waals surface area contributed by atoms with Gasteiger partial charge in [0.1, 0.15) is 5.75 Å². The van der Waals surface area contributed by atoms with Crippen LogP contribution in [0.5, 0.6) is 5.75 Å². The maximum Gasteiger partial charge on any atom is 0.234 e. The van der Waals surface area contributed by atoms with Crippen LogP contribution < -0.4 is 10.1 Å². The zero-order valence-electron chi connectivity index (χ0n) is 17.1. The van der Waals surface area contributed by atoms with Crippen molar-refractivity contribution in [2.75, 3.05) is 24.8 Å². The molecule has 1 aromatic heterocycles. The number of hydrogen-bond donors (Lipinski definition) is 1. The highest BCUT2D eigenvalue weighted by atomic mass is 35.5. The number of thioether (sulfide) groups is 1. The first-order valence-electron chi connectivity index (χ1n) is 10.00. The molecule has 0 spiro atoms. The van der Waals surface area contributed by atoms with Crippen molar-refractivity contribution < 1.29 is 14.3 Å². The van der Waals surface area contributed by atoms with Gasteiger partial charge in [-0.15, -0.1) is 10.2 Å². The second kappa shape index (κ2) is 10.2. The van der Waals surface area contributed by atoms with E-state index in [-0.39, 0.29) is 17.8 Å². The Bertz CT molecular complexity index is 1020. The molecule has 2 heterocycles. The summed E-state index contributed by atoms with van der Waals surface area (Å²) in [5.74, 6) is 1.63. The number of anilines is 1. The Morgan fingerprint density at radius 2 is 2.00 bits per heavy atom. The molecule has 1 saturated heterocycles. The molecule has 1 aliphatic rings. The molecule has 0 bridgehead atoms. The van der Waals surface area contributed by atoms with Crippen LogP contribution in [0.25, 0.3) is 11.4 Å². The lowest BCUT2D eigenvalue weighted by Gasteiger charge is -2.15. The number of halogens is 1. The maximum absolute atomic E-state index is 12.4. The minimum Gasteiger partial charge on any atom is -0.497 e. The Morgan fingerprint density at radius 3 is 2.68 bits per heavy atom. The largest absolute Gasteiger partial charge is 0.497 e. The molecule has 1 amide bonds. The van der Waals surface area contributed by atoms with Gasteiger partial charge in [-0.25, -0.2) is 0 Å². The monoisotopic (exact) mass is 458 g/mol. The summed E-state index contributed by atoms with van der Waals surface area (Å²) in [6, 6.07) is 14.7. The van der Waals surface area contributed by atoms with Crippen LogP contribution in [-0.2, 0) is 16.1 Å². The lowest BCUT2D eigenvalue weighted by atomic mass is 10.2. The van der Waals surface area contributed by atoms with E-state index >= 15 is 0 Å². The molecule has 1 N–H and O–H groups in total. The van der Waals surface area contributed by atoms with Crippen LogP contribution in [0, 0.1) is 0 Å². The fourth-order valence-corrected chi connectivity index (χ4v) is 4.24. The molecule has 7 nitrogen and oxygen atoms in total. The number of hydrogen-bond acceptors (Lipinski definition) is 6. The number of benzene rings is 2. The summed E-state index contributed by atoms with van der Waals surface area (Å²) in [4.78, 5) is 12.4. The lowest BCUT2D eigenvalue weighted by molar-refractivity contribution is -0.113. The summed E-state index contributed by atoms with van der Waals surface area (Å²) in [5, 5.41) is 12.9. The third-order valence-corrected chi connectivity index (χ3v) is 6.15. The van der Waals surface area contributed by atoms with Crippen LogP contribution in [0.1, 0.15) is 12.8 Å². The molecule has 162 valence electrons. The molecule has 1 fully saturated rings. The molecule has 9 heteroatoms. The van der Waals surface area contributed by atoms with Crippen LogP contribution >= 0.6 is 23.4 Å². The van der Waals surface area contributed by atoms with E-state index < -0.39 is 0 Å². The van der Waals surface area contributed by atoms with E-state index in [9.17, 15) is 4.79 Å². The molecule has 31 heavy (non-hydrogen) atoms. The first-order valence-corrected chi connectivity index (χ1v) is 11.4. The van der Waals surface area contributed by atoms with E-state index in [1.165, 1.54) is 11.8 Å². The number of methoxy groups -OCH3 is 1. The zero-order valence-corrected chi connectivity index (χ0v) is 18.7. The maximum atomic E-state index is 12.4. The van der Waals surface area contributed by atoms with Crippen LogP contribution in [-0.4, -0.2) is 46.2 Å². The lowest BCUT2D eigenvalue weighted by Crippen LogP contribution is -2.18. The van der Waals surface area contributed by atoms with E-state index in [0.29, 0.717) is 22.4 Å². The number of amides is 1. The number of nitrogens with zero attached hydrogens (tertiary/aromatic N) is 3. The van der Waals surface area contributed by atoms with Gasteiger partial charge in [0.05, 0.1) is 25.5 Å². The SMILES string of the molecule is COc1ccc(-c2nnc(SCC(=O)Nc3ccc(Cl)cc3)n2CC2CCCO2)cc1. The summed E-state index contributed by atoms with van der Waals surface area (Å²) in [6.07, 6.45) is 2.17. The number of rotatable bonds is 8. The van der Waals surface area contributed by atoms with Crippen LogP contribution in [0.4, 0.5) is 5.69 Å². The van der Waals surface area contributed by atoms with Gasteiger partial charge in [0.25, 0.3) is 0 Å². The van der Waals surface area contributed by atoms with Gasteiger partial charge in [-0.2, -0.15) is 0 Å². The van der Waals surface area contributed by atoms with Crippen molar-refractivity contribution in [2.45, 2.75) is 30.6 Å². The van der Waals surface area contributed by atoms with Gasteiger partial charge in [0.15, 0.2) is 11.0 Å². The minimum absolute atomic E-state index is 0.120. The molecule has 1 aliphatic heterocycles. The Hall–Kier alpha value is -2.55. The number of carbonyl (C=O) groups excluding carboxylic acids is 1. The highest BCUT2D eigenvalue weighted by molar-refractivity contribution is 7.99. The van der Waals surface area contributed by atoms with E-state index in [0.717, 1.165) is 36.6 Å².